The molecular formula is C11H20O2. The highest BCUT2D eigenvalue weighted by Gasteiger charge is 2.19. The Balaban J connectivity index is 2.22. The van der Waals surface area contributed by atoms with Crippen molar-refractivity contribution in [1.29, 1.82) is 0 Å². The van der Waals surface area contributed by atoms with Crippen LogP contribution in [0.25, 0.3) is 0 Å². The van der Waals surface area contributed by atoms with Gasteiger partial charge in [-0.1, -0.05) is 12.2 Å². The van der Waals surface area contributed by atoms with Crippen LogP contribution in [-0.2, 0) is 4.74 Å². The molecule has 0 spiro atoms. The van der Waals surface area contributed by atoms with Crippen molar-refractivity contribution < 1.29 is 9.84 Å². The second-order valence-electron chi connectivity index (χ2n) is 3.73. The Labute approximate surface area is 80.6 Å². The highest BCUT2D eigenvalue weighted by molar-refractivity contribution is 4.97. The van der Waals surface area contributed by atoms with Gasteiger partial charge < -0.3 is 9.84 Å². The van der Waals surface area contributed by atoms with Crippen LogP contribution >= 0.6 is 0 Å². The van der Waals surface area contributed by atoms with Gasteiger partial charge in [0.1, 0.15) is 0 Å². The van der Waals surface area contributed by atoms with E-state index < -0.39 is 0 Å². The molecule has 1 aliphatic rings. The molecule has 0 unspecified atom stereocenters. The first kappa shape index (κ1) is 10.7. The van der Waals surface area contributed by atoms with Crippen LogP contribution < -0.4 is 0 Å². The van der Waals surface area contributed by atoms with Crippen LogP contribution in [0.2, 0.25) is 0 Å². The summed E-state index contributed by atoms with van der Waals surface area (Å²) >= 11 is 0. The first-order valence-corrected chi connectivity index (χ1v) is 5.20. The Kier molecular flexibility index (Phi) is 4.46. The van der Waals surface area contributed by atoms with E-state index in [1.807, 2.05) is 13.8 Å². The molecule has 3 atom stereocenters. The zero-order valence-electron chi connectivity index (χ0n) is 8.57. The Hall–Kier alpha value is -0.340. The summed E-state index contributed by atoms with van der Waals surface area (Å²) in [6.07, 6.45) is 7.27. The van der Waals surface area contributed by atoms with Gasteiger partial charge in [-0.2, -0.15) is 0 Å². The van der Waals surface area contributed by atoms with Gasteiger partial charge in [-0.3, -0.25) is 0 Å². The van der Waals surface area contributed by atoms with Crippen molar-refractivity contribution in [3.8, 4) is 0 Å². The Bertz CT molecular complexity index is 165. The molecule has 0 bridgehead atoms. The average Bonchev–Trinajstić information content (AvgIpc) is 2.57. The van der Waals surface area contributed by atoms with Gasteiger partial charge in [0.2, 0.25) is 0 Å². The summed E-state index contributed by atoms with van der Waals surface area (Å²) in [4.78, 5) is 0. The summed E-state index contributed by atoms with van der Waals surface area (Å²) < 4.78 is 5.34. The van der Waals surface area contributed by atoms with Crippen molar-refractivity contribution >= 4 is 0 Å². The van der Waals surface area contributed by atoms with E-state index in [-0.39, 0.29) is 12.2 Å². The molecule has 1 aliphatic carbocycles. The maximum Gasteiger partial charge on any atom is 0.0805 e. The quantitative estimate of drug-likeness (QED) is 0.663. The van der Waals surface area contributed by atoms with Crippen molar-refractivity contribution in [3.05, 3.63) is 12.2 Å². The summed E-state index contributed by atoms with van der Waals surface area (Å²) in [5, 5.41) is 9.75. The third kappa shape index (κ3) is 3.49. The summed E-state index contributed by atoms with van der Waals surface area (Å²) in [6.45, 7) is 4.57. The van der Waals surface area contributed by atoms with Gasteiger partial charge in [0, 0.05) is 6.61 Å². The minimum absolute atomic E-state index is 0.0287. The molecule has 0 radical (unpaired) electrons. The van der Waals surface area contributed by atoms with Gasteiger partial charge in [-0.25, -0.2) is 0 Å². The molecule has 13 heavy (non-hydrogen) atoms. The molecule has 0 heterocycles. The normalized spacial score (nSPS) is 26.2. The van der Waals surface area contributed by atoms with Gasteiger partial charge in [0.25, 0.3) is 0 Å². The molecule has 1 rings (SSSR count). The first-order valence-electron chi connectivity index (χ1n) is 5.20. The van der Waals surface area contributed by atoms with Gasteiger partial charge in [-0.15, -0.1) is 0 Å². The lowest BCUT2D eigenvalue weighted by atomic mass is 9.98. The van der Waals surface area contributed by atoms with Crippen molar-refractivity contribution in [1.82, 2.24) is 0 Å². The monoisotopic (exact) mass is 184 g/mol. The second-order valence-corrected chi connectivity index (χ2v) is 3.73. The predicted molar refractivity (Wildman–Crippen MR) is 53.6 cm³/mol. The molecule has 0 saturated carbocycles. The molecule has 1 N–H and O–H groups in total. The molecule has 0 saturated heterocycles. The van der Waals surface area contributed by atoms with Gasteiger partial charge in [0.15, 0.2) is 0 Å². The minimum atomic E-state index is -0.312. The van der Waals surface area contributed by atoms with E-state index in [2.05, 4.69) is 12.2 Å². The number of rotatable bonds is 5. The molecule has 0 amide bonds. The van der Waals surface area contributed by atoms with E-state index in [4.69, 9.17) is 4.74 Å². The third-order valence-electron chi connectivity index (χ3n) is 2.63. The molecule has 0 aromatic carbocycles. The number of ether oxygens (including phenoxy) is 1. The lowest BCUT2D eigenvalue weighted by Gasteiger charge is -2.20. The number of aliphatic hydroxyl groups excluding tert-OH is 1. The highest BCUT2D eigenvalue weighted by atomic mass is 16.5. The van der Waals surface area contributed by atoms with Crippen LogP contribution in [0.3, 0.4) is 0 Å². The maximum atomic E-state index is 9.75. The predicted octanol–water partition coefficient (Wildman–Crippen LogP) is 2.13. The summed E-state index contributed by atoms with van der Waals surface area (Å²) in [7, 11) is 0. The molecule has 2 heteroatoms. The van der Waals surface area contributed by atoms with Crippen LogP contribution in [0.4, 0.5) is 0 Å². The highest BCUT2D eigenvalue weighted by Crippen LogP contribution is 2.23. The third-order valence-corrected chi connectivity index (χ3v) is 2.63. The fraction of sp³-hybridized carbons (Fsp3) is 0.818. The first-order chi connectivity index (χ1) is 6.24. The van der Waals surface area contributed by atoms with Gasteiger partial charge >= 0.3 is 0 Å². The van der Waals surface area contributed by atoms with Crippen LogP contribution in [0, 0.1) is 5.92 Å². The zero-order valence-corrected chi connectivity index (χ0v) is 8.57. The molecule has 0 fully saturated rings. The van der Waals surface area contributed by atoms with Crippen LogP contribution in [0.1, 0.15) is 33.1 Å². The van der Waals surface area contributed by atoms with Crippen molar-refractivity contribution in [2.45, 2.75) is 45.3 Å². The van der Waals surface area contributed by atoms with Crippen LogP contribution in [0.5, 0.6) is 0 Å². The topological polar surface area (TPSA) is 29.5 Å². The maximum absolute atomic E-state index is 9.75. The van der Waals surface area contributed by atoms with Crippen molar-refractivity contribution in [2.24, 2.45) is 5.92 Å². The van der Waals surface area contributed by atoms with E-state index in [1.54, 1.807) is 0 Å². The SMILES string of the molecule is CCO[C@H](C)[C@@H](O)C[C@H]1C=CCC1. The molecule has 2 nitrogen and oxygen atoms in total. The lowest BCUT2D eigenvalue weighted by Crippen LogP contribution is -2.27. The summed E-state index contributed by atoms with van der Waals surface area (Å²) in [6, 6.07) is 0. The fourth-order valence-electron chi connectivity index (χ4n) is 1.77. The number of hydrogen-bond donors (Lipinski definition) is 1. The van der Waals surface area contributed by atoms with E-state index in [1.165, 1.54) is 12.8 Å². The van der Waals surface area contributed by atoms with Gasteiger partial charge in [-0.05, 0) is 39.0 Å². The second kappa shape index (κ2) is 5.40. The molecule has 0 aromatic rings. The minimum Gasteiger partial charge on any atom is -0.390 e. The molecule has 0 aliphatic heterocycles. The van der Waals surface area contributed by atoms with Gasteiger partial charge in [0.05, 0.1) is 12.2 Å². The number of hydrogen-bond acceptors (Lipinski definition) is 2. The van der Waals surface area contributed by atoms with Crippen LogP contribution in [-0.4, -0.2) is 23.9 Å². The molecular weight excluding hydrogens is 164 g/mol. The Morgan fingerprint density at radius 1 is 1.62 bits per heavy atom. The van der Waals surface area contributed by atoms with E-state index >= 15 is 0 Å². The van der Waals surface area contributed by atoms with E-state index in [0.29, 0.717) is 12.5 Å². The molecule has 0 aromatic heterocycles. The lowest BCUT2D eigenvalue weighted by molar-refractivity contribution is -0.0290. The standard InChI is InChI=1S/C11H20O2/c1-3-13-9(2)11(12)8-10-6-4-5-7-10/h4,6,9-12H,3,5,7-8H2,1-2H3/t9-,10+,11+/m1/s1. The Morgan fingerprint density at radius 3 is 2.92 bits per heavy atom. The number of allylic oxidation sites excluding steroid dienone is 2. The summed E-state index contributed by atoms with van der Waals surface area (Å²) in [5.74, 6) is 0.568. The van der Waals surface area contributed by atoms with Crippen molar-refractivity contribution in [2.75, 3.05) is 6.61 Å². The largest absolute Gasteiger partial charge is 0.390 e. The van der Waals surface area contributed by atoms with Crippen molar-refractivity contribution in [3.63, 3.8) is 0 Å². The van der Waals surface area contributed by atoms with E-state index in [0.717, 1.165) is 6.42 Å². The average molecular weight is 184 g/mol. The summed E-state index contributed by atoms with van der Waals surface area (Å²) in [5.41, 5.74) is 0. The zero-order chi connectivity index (χ0) is 9.68. The number of aliphatic hydroxyl groups is 1. The molecule has 76 valence electrons. The van der Waals surface area contributed by atoms with Crippen LogP contribution in [0.15, 0.2) is 12.2 Å². The van der Waals surface area contributed by atoms with E-state index in [9.17, 15) is 5.11 Å². The fourth-order valence-corrected chi connectivity index (χ4v) is 1.77. The smallest absolute Gasteiger partial charge is 0.0805 e. The Morgan fingerprint density at radius 2 is 2.38 bits per heavy atom.